The Morgan fingerprint density at radius 1 is 1.02 bits per heavy atom. The number of nitrogens with two attached hydrogens (primary N) is 1. The molecular formula is C34H37N7O13S. The summed E-state index contributed by atoms with van der Waals surface area (Å²) in [6, 6.07) is 9.04. The van der Waals surface area contributed by atoms with Crippen LogP contribution in [0.3, 0.4) is 0 Å². The van der Waals surface area contributed by atoms with Crippen LogP contribution in [0.5, 0.6) is 0 Å². The minimum Gasteiger partial charge on any atom is -0.477 e. The number of likely N-dealkylation sites (tertiary alicyclic amines) is 1. The molecule has 0 aromatic heterocycles. The zero-order valence-corrected chi connectivity index (χ0v) is 30.2. The number of β-lactam (4-membered cyclic amide) rings is 1. The molecule has 2 aromatic carbocycles. The summed E-state index contributed by atoms with van der Waals surface area (Å²) < 4.78 is 10.5. The van der Waals surface area contributed by atoms with Gasteiger partial charge in [0.25, 0.3) is 11.4 Å². The number of carboxylic acids is 1. The van der Waals surface area contributed by atoms with Gasteiger partial charge < -0.3 is 35.6 Å². The maximum absolute atomic E-state index is 13.5. The van der Waals surface area contributed by atoms with Crippen molar-refractivity contribution in [3.8, 4) is 0 Å². The summed E-state index contributed by atoms with van der Waals surface area (Å²) in [6.45, 7) is 2.43. The van der Waals surface area contributed by atoms with Crippen molar-refractivity contribution in [2.75, 3.05) is 19.6 Å². The van der Waals surface area contributed by atoms with Crippen molar-refractivity contribution in [1.82, 2.24) is 15.1 Å². The van der Waals surface area contributed by atoms with Crippen LogP contribution in [-0.2, 0) is 41.9 Å². The topological polar surface area (TPSA) is 287 Å². The second kappa shape index (κ2) is 16.9. The highest BCUT2D eigenvalue weighted by atomic mass is 32.2. The average Bonchev–Trinajstić information content (AvgIpc) is 3.68. The number of carboxylic acid groups (broad SMARTS) is 1. The molecule has 6 atom stereocenters. The number of nitro benzene ring substituents is 2. The smallest absolute Gasteiger partial charge is 0.410 e. The van der Waals surface area contributed by atoms with Crippen molar-refractivity contribution >= 4 is 58.8 Å². The van der Waals surface area contributed by atoms with Gasteiger partial charge in [-0.25, -0.2) is 14.4 Å². The second-order valence-corrected chi connectivity index (χ2v) is 14.3. The molecule has 20 nitrogen and oxygen atoms in total. The Bertz CT molecular complexity index is 1940. The number of fused-ring (bicyclic) bond motifs is 1. The van der Waals surface area contributed by atoms with Crippen molar-refractivity contribution in [2.24, 2.45) is 22.6 Å². The van der Waals surface area contributed by atoms with Crippen molar-refractivity contribution in [3.63, 3.8) is 0 Å². The van der Waals surface area contributed by atoms with Gasteiger partial charge in [-0.2, -0.15) is 0 Å². The standard InChI is InChI=1S/C34H37N7O13S/c1-17-26-25(18(2)42)31(44)39(26)27(32(45)46)28(17)55-23-13-24(38(14-23)34(48)54-16-20-5-9-22(10-6-20)41(51)52)30(43)37-12-11-36-29(35)33(47)53-15-19-3-7-21(8-4-19)40(49)50/h3-10,17-18,23-26,42H,11-16H2,1-2H3,(H2,35,36)(H,37,43)(H,45,46)/t17-,18-,23?,24?,25-,26-/m1/s1. The van der Waals surface area contributed by atoms with E-state index >= 15 is 0 Å². The summed E-state index contributed by atoms with van der Waals surface area (Å²) in [4.78, 5) is 91.7. The fourth-order valence-electron chi connectivity index (χ4n) is 6.61. The zero-order valence-electron chi connectivity index (χ0n) is 29.4. The number of aliphatic imine (C=N–C) groups is 1. The van der Waals surface area contributed by atoms with Crippen LogP contribution in [0, 0.1) is 32.1 Å². The number of amides is 3. The Morgan fingerprint density at radius 2 is 1.58 bits per heavy atom. The van der Waals surface area contributed by atoms with Gasteiger partial charge in [0.15, 0.2) is 0 Å². The number of aliphatic hydroxyl groups excluding tert-OH is 1. The molecule has 0 radical (unpaired) electrons. The zero-order chi connectivity index (χ0) is 40.1. The Kier molecular flexibility index (Phi) is 12.3. The molecule has 0 saturated carbocycles. The van der Waals surface area contributed by atoms with Crippen LogP contribution in [-0.4, -0.2) is 109 Å². The second-order valence-electron chi connectivity index (χ2n) is 13.0. The van der Waals surface area contributed by atoms with Gasteiger partial charge in [0, 0.05) is 53.4 Å². The van der Waals surface area contributed by atoms with Crippen LogP contribution in [0.2, 0.25) is 0 Å². The summed E-state index contributed by atoms with van der Waals surface area (Å²) in [7, 11) is 0. The van der Waals surface area contributed by atoms with E-state index in [-0.39, 0.29) is 56.3 Å². The molecule has 3 aliphatic rings. The molecule has 292 valence electrons. The molecule has 2 fully saturated rings. The number of amidine groups is 1. The number of aliphatic carboxylic acids is 1. The van der Waals surface area contributed by atoms with E-state index in [9.17, 15) is 54.4 Å². The Balaban J connectivity index is 1.23. The number of ether oxygens (including phenoxy) is 2. The van der Waals surface area contributed by atoms with E-state index in [4.69, 9.17) is 15.2 Å². The number of aliphatic hydroxyl groups is 1. The number of rotatable bonds is 14. The van der Waals surface area contributed by atoms with Gasteiger partial charge in [-0.1, -0.05) is 6.92 Å². The maximum Gasteiger partial charge on any atom is 0.410 e. The van der Waals surface area contributed by atoms with E-state index in [0.717, 1.165) is 11.8 Å². The summed E-state index contributed by atoms with van der Waals surface area (Å²) in [6.07, 6.45) is -1.81. The molecule has 55 heavy (non-hydrogen) atoms. The number of non-ortho nitro benzene ring substituents is 2. The first kappa shape index (κ1) is 40.1. The maximum atomic E-state index is 13.5. The average molecular weight is 784 g/mol. The minimum absolute atomic E-state index is 0.0465. The summed E-state index contributed by atoms with van der Waals surface area (Å²) in [5, 5.41) is 44.2. The number of hydrogen-bond donors (Lipinski definition) is 4. The first-order chi connectivity index (χ1) is 26.1. The number of benzene rings is 2. The number of nitrogens with zero attached hydrogens (tertiary/aromatic N) is 5. The summed E-state index contributed by atoms with van der Waals surface area (Å²) in [5.74, 6) is -5.09. The lowest BCUT2D eigenvalue weighted by Crippen LogP contribution is -2.63. The van der Waals surface area contributed by atoms with Crippen LogP contribution >= 0.6 is 11.8 Å². The van der Waals surface area contributed by atoms with Gasteiger partial charge in [0.2, 0.25) is 17.6 Å². The third-order valence-corrected chi connectivity index (χ3v) is 10.8. The molecule has 0 bridgehead atoms. The minimum atomic E-state index is -1.32. The first-order valence-electron chi connectivity index (χ1n) is 16.9. The Hall–Kier alpha value is -6.09. The van der Waals surface area contributed by atoms with Crippen LogP contribution in [0.15, 0.2) is 64.1 Å². The van der Waals surface area contributed by atoms with E-state index in [1.807, 2.05) is 0 Å². The molecule has 2 unspecified atom stereocenters. The lowest BCUT2D eigenvalue weighted by atomic mass is 9.79. The molecule has 5 rings (SSSR count). The third-order valence-electron chi connectivity index (χ3n) is 9.33. The molecule has 2 aromatic rings. The molecule has 0 aliphatic carbocycles. The summed E-state index contributed by atoms with van der Waals surface area (Å²) >= 11 is 1.13. The van der Waals surface area contributed by atoms with E-state index < -0.39 is 80.8 Å². The van der Waals surface area contributed by atoms with Gasteiger partial charge in [-0.15, -0.1) is 11.8 Å². The molecule has 3 heterocycles. The number of carbonyl (C=O) groups is 5. The van der Waals surface area contributed by atoms with Gasteiger partial charge in [-0.3, -0.25) is 39.7 Å². The van der Waals surface area contributed by atoms with E-state index in [0.29, 0.717) is 16.0 Å². The van der Waals surface area contributed by atoms with Gasteiger partial charge in [0.05, 0.1) is 34.5 Å². The number of nitro groups is 2. The number of nitrogens with one attached hydrogen (secondary N) is 1. The van der Waals surface area contributed by atoms with Crippen LogP contribution < -0.4 is 11.1 Å². The van der Waals surface area contributed by atoms with Gasteiger partial charge in [-0.05, 0) is 48.7 Å². The molecule has 21 heteroatoms. The Labute approximate surface area is 316 Å². The summed E-state index contributed by atoms with van der Waals surface area (Å²) in [5.41, 5.74) is 6.17. The van der Waals surface area contributed by atoms with Crippen LogP contribution in [0.25, 0.3) is 0 Å². The number of hydrogen-bond acceptors (Lipinski definition) is 14. The molecule has 3 aliphatic heterocycles. The number of carbonyl (C=O) groups excluding carboxylic acids is 4. The lowest BCUT2D eigenvalue weighted by Gasteiger charge is -2.46. The highest BCUT2D eigenvalue weighted by Crippen LogP contribution is 2.52. The number of esters is 1. The van der Waals surface area contributed by atoms with Gasteiger partial charge in [0.1, 0.15) is 25.0 Å². The predicted molar refractivity (Wildman–Crippen MR) is 192 cm³/mol. The van der Waals surface area contributed by atoms with Crippen molar-refractivity contribution in [2.45, 2.75) is 56.9 Å². The Morgan fingerprint density at radius 3 is 2.11 bits per heavy atom. The molecule has 2 saturated heterocycles. The highest BCUT2D eigenvalue weighted by Gasteiger charge is 2.60. The first-order valence-corrected chi connectivity index (χ1v) is 17.8. The number of thioether (sulfide) groups is 1. The molecule has 0 spiro atoms. The molecule has 3 amide bonds. The van der Waals surface area contributed by atoms with Crippen molar-refractivity contribution < 1.29 is 53.5 Å². The monoisotopic (exact) mass is 783 g/mol. The van der Waals surface area contributed by atoms with E-state index in [1.165, 1.54) is 65.3 Å². The molecule has 5 N–H and O–H groups in total. The third kappa shape index (κ3) is 8.83. The van der Waals surface area contributed by atoms with Crippen LogP contribution in [0.1, 0.15) is 31.4 Å². The van der Waals surface area contributed by atoms with Crippen molar-refractivity contribution in [1.29, 1.82) is 0 Å². The van der Waals surface area contributed by atoms with E-state index in [2.05, 4.69) is 10.3 Å². The van der Waals surface area contributed by atoms with E-state index in [1.54, 1.807) is 6.92 Å². The SMILES string of the molecule is C[C@@H](O)[C@H]1C(=O)N2C(C(=O)O)=C(SC3CC(C(=O)NCCN=C(N)C(=O)OCc4ccc([N+](=O)[O-])cc4)N(C(=O)OCc4ccc([N+](=O)[O-])cc4)C3)[C@H](C)[C@H]12. The molecular weight excluding hydrogens is 746 g/mol. The predicted octanol–water partition coefficient (Wildman–Crippen LogP) is 1.69. The fraction of sp³-hybridized carbons (Fsp3) is 0.412. The van der Waals surface area contributed by atoms with Crippen molar-refractivity contribution in [3.05, 3.63) is 90.5 Å². The lowest BCUT2D eigenvalue weighted by molar-refractivity contribution is -0.385. The van der Waals surface area contributed by atoms with Gasteiger partial charge >= 0.3 is 18.0 Å². The van der Waals surface area contributed by atoms with Crippen LogP contribution in [0.4, 0.5) is 16.2 Å². The largest absolute Gasteiger partial charge is 0.477 e. The quantitative estimate of drug-likeness (QED) is 0.0403. The highest BCUT2D eigenvalue weighted by molar-refractivity contribution is 8.03. The fourth-order valence-corrected chi connectivity index (χ4v) is 8.13. The normalized spacial score (nSPS) is 22.4.